The third-order valence-electron chi connectivity index (χ3n) is 5.78. The second kappa shape index (κ2) is 3.34. The molecule has 3 fully saturated rings. The standard InChI is InChI=1S/C14H22N2O/c1-16-6-4-13(5-7-16)9-11-8-12-2-3-14(11,17-12)10-15-13/h2-3,11-12,15H,4-10H2,1H3/p+2/t11-,12+,14+/m0/s1. The summed E-state index contributed by atoms with van der Waals surface area (Å²) in [5.41, 5.74) is 0.698. The van der Waals surface area contributed by atoms with Crippen molar-refractivity contribution in [3.8, 4) is 0 Å². The molecule has 3 saturated heterocycles. The van der Waals surface area contributed by atoms with E-state index in [4.69, 9.17) is 4.74 Å². The van der Waals surface area contributed by atoms with Crippen molar-refractivity contribution in [1.82, 2.24) is 0 Å². The first kappa shape index (κ1) is 10.5. The van der Waals surface area contributed by atoms with Gasteiger partial charge in [-0.1, -0.05) is 6.08 Å². The topological polar surface area (TPSA) is 30.3 Å². The third-order valence-corrected chi connectivity index (χ3v) is 5.78. The van der Waals surface area contributed by atoms with Gasteiger partial charge in [0.05, 0.1) is 39.1 Å². The van der Waals surface area contributed by atoms with Gasteiger partial charge < -0.3 is 15.0 Å². The van der Waals surface area contributed by atoms with E-state index in [9.17, 15) is 0 Å². The average Bonchev–Trinajstić information content (AvgIpc) is 2.89. The van der Waals surface area contributed by atoms with Crippen molar-refractivity contribution in [2.24, 2.45) is 5.92 Å². The molecule has 4 aliphatic rings. The molecule has 0 amide bonds. The predicted molar refractivity (Wildman–Crippen MR) is 64.8 cm³/mol. The zero-order valence-electron chi connectivity index (χ0n) is 10.7. The lowest BCUT2D eigenvalue weighted by Crippen LogP contribution is -3.14. The van der Waals surface area contributed by atoms with Crippen LogP contribution in [0.4, 0.5) is 0 Å². The number of ether oxygens (including phenoxy) is 1. The highest BCUT2D eigenvalue weighted by atomic mass is 16.5. The molecule has 4 aliphatic heterocycles. The van der Waals surface area contributed by atoms with Crippen LogP contribution in [-0.2, 0) is 4.74 Å². The maximum absolute atomic E-state index is 6.17. The second-order valence-electron chi connectivity index (χ2n) is 6.83. The Kier molecular flexibility index (Phi) is 2.07. The molecule has 4 rings (SSSR count). The molecule has 17 heavy (non-hydrogen) atoms. The third kappa shape index (κ3) is 1.46. The summed E-state index contributed by atoms with van der Waals surface area (Å²) in [5.74, 6) is 0.806. The van der Waals surface area contributed by atoms with Crippen molar-refractivity contribution in [1.29, 1.82) is 0 Å². The van der Waals surface area contributed by atoms with Gasteiger partial charge in [0.1, 0.15) is 17.7 Å². The van der Waals surface area contributed by atoms with Crippen molar-refractivity contribution < 1.29 is 15.0 Å². The summed E-state index contributed by atoms with van der Waals surface area (Å²) in [4.78, 5) is 1.72. The molecule has 0 radical (unpaired) electrons. The Morgan fingerprint density at radius 2 is 2.18 bits per heavy atom. The van der Waals surface area contributed by atoms with Gasteiger partial charge in [0.25, 0.3) is 0 Å². The van der Waals surface area contributed by atoms with Crippen molar-refractivity contribution in [2.45, 2.75) is 42.9 Å². The van der Waals surface area contributed by atoms with Crippen LogP contribution in [0.15, 0.2) is 12.2 Å². The number of nitrogens with two attached hydrogens (primary N) is 1. The average molecular weight is 236 g/mol. The Labute approximate surface area is 103 Å². The molecule has 4 heterocycles. The van der Waals surface area contributed by atoms with Crippen molar-refractivity contribution >= 4 is 0 Å². The highest BCUT2D eigenvalue weighted by molar-refractivity contribution is 5.22. The van der Waals surface area contributed by atoms with Crippen molar-refractivity contribution in [2.75, 3.05) is 26.7 Å². The van der Waals surface area contributed by atoms with E-state index in [2.05, 4.69) is 24.5 Å². The highest BCUT2D eigenvalue weighted by Crippen LogP contribution is 2.47. The maximum Gasteiger partial charge on any atom is 0.139 e. The van der Waals surface area contributed by atoms with Crippen molar-refractivity contribution in [3.63, 3.8) is 0 Å². The molecule has 3 nitrogen and oxygen atoms in total. The highest BCUT2D eigenvalue weighted by Gasteiger charge is 2.59. The first-order valence-electron chi connectivity index (χ1n) is 7.23. The van der Waals surface area contributed by atoms with E-state index in [0.717, 1.165) is 5.92 Å². The summed E-state index contributed by atoms with van der Waals surface area (Å²) in [6.07, 6.45) is 10.6. The Morgan fingerprint density at radius 1 is 1.35 bits per heavy atom. The molecule has 0 saturated carbocycles. The van der Waals surface area contributed by atoms with E-state index in [1.54, 1.807) is 4.90 Å². The number of fused-ring (bicyclic) bond motifs is 1. The molecule has 3 atom stereocenters. The van der Waals surface area contributed by atoms with Crippen LogP contribution in [-0.4, -0.2) is 43.9 Å². The van der Waals surface area contributed by atoms with E-state index in [1.165, 1.54) is 45.3 Å². The fourth-order valence-corrected chi connectivity index (χ4v) is 4.54. The predicted octanol–water partition coefficient (Wildman–Crippen LogP) is -1.29. The van der Waals surface area contributed by atoms with Crippen LogP contribution in [0.25, 0.3) is 0 Å². The first-order chi connectivity index (χ1) is 8.20. The zero-order chi connectivity index (χ0) is 11.5. The Balaban J connectivity index is 1.54. The van der Waals surface area contributed by atoms with Gasteiger partial charge in [-0.3, -0.25) is 0 Å². The first-order valence-corrected chi connectivity index (χ1v) is 7.23. The number of rotatable bonds is 0. The largest absolute Gasteiger partial charge is 0.357 e. The molecule has 0 aliphatic carbocycles. The number of piperidine rings is 2. The maximum atomic E-state index is 6.17. The van der Waals surface area contributed by atoms with Gasteiger partial charge in [0.2, 0.25) is 0 Å². The molecule has 3 heteroatoms. The Hall–Kier alpha value is -0.380. The fourth-order valence-electron chi connectivity index (χ4n) is 4.54. The van der Waals surface area contributed by atoms with Gasteiger partial charge in [0, 0.05) is 12.3 Å². The summed E-state index contributed by atoms with van der Waals surface area (Å²) in [7, 11) is 2.33. The molecule has 2 spiro atoms. The number of quaternary nitrogens is 2. The van der Waals surface area contributed by atoms with Gasteiger partial charge in [-0.25, -0.2) is 0 Å². The van der Waals surface area contributed by atoms with Gasteiger partial charge in [-0.2, -0.15) is 0 Å². The Bertz CT molecular complexity index is 359. The number of likely N-dealkylation sites (tertiary alicyclic amines) is 1. The minimum absolute atomic E-state index is 0.131. The summed E-state index contributed by atoms with van der Waals surface area (Å²) in [5, 5.41) is 2.63. The SMILES string of the molecule is C[NH+]1CCC2(CC1)C[C@@H]1C[C@H]3C=C[C@]1(C[NH2+]2)O3. The van der Waals surface area contributed by atoms with E-state index in [0.29, 0.717) is 11.6 Å². The van der Waals surface area contributed by atoms with Crippen LogP contribution >= 0.6 is 0 Å². The van der Waals surface area contributed by atoms with Gasteiger partial charge in [-0.15, -0.1) is 0 Å². The lowest BCUT2D eigenvalue weighted by atomic mass is 9.68. The molecular weight excluding hydrogens is 212 g/mol. The van der Waals surface area contributed by atoms with Crippen molar-refractivity contribution in [3.05, 3.63) is 12.2 Å². The number of hydrogen-bond acceptors (Lipinski definition) is 1. The van der Waals surface area contributed by atoms with Crippen LogP contribution in [0.5, 0.6) is 0 Å². The molecule has 94 valence electrons. The van der Waals surface area contributed by atoms with E-state index >= 15 is 0 Å². The van der Waals surface area contributed by atoms with E-state index in [1.807, 2.05) is 0 Å². The zero-order valence-corrected chi connectivity index (χ0v) is 10.7. The van der Waals surface area contributed by atoms with Crippen LogP contribution in [0.1, 0.15) is 25.7 Å². The molecule has 3 N–H and O–H groups in total. The lowest BCUT2D eigenvalue weighted by Gasteiger charge is -2.46. The Morgan fingerprint density at radius 3 is 2.94 bits per heavy atom. The summed E-state index contributed by atoms with van der Waals surface area (Å²) >= 11 is 0. The van der Waals surface area contributed by atoms with Crippen LogP contribution in [0, 0.1) is 5.92 Å². The smallest absolute Gasteiger partial charge is 0.139 e. The summed E-state index contributed by atoms with van der Waals surface area (Å²) < 4.78 is 6.17. The fraction of sp³-hybridized carbons (Fsp3) is 0.857. The number of nitrogens with one attached hydrogen (secondary N) is 1. The lowest BCUT2D eigenvalue weighted by molar-refractivity contribution is -0.901. The van der Waals surface area contributed by atoms with Crippen LogP contribution < -0.4 is 10.2 Å². The van der Waals surface area contributed by atoms with Crippen LogP contribution in [0.2, 0.25) is 0 Å². The molecule has 0 unspecified atom stereocenters. The molecule has 0 aromatic rings. The molecule has 0 aromatic carbocycles. The normalized spacial score (nSPS) is 56.4. The van der Waals surface area contributed by atoms with Crippen LogP contribution in [0.3, 0.4) is 0 Å². The van der Waals surface area contributed by atoms with Gasteiger partial charge >= 0.3 is 0 Å². The van der Waals surface area contributed by atoms with Gasteiger partial charge in [0.15, 0.2) is 0 Å². The molecule has 0 aromatic heterocycles. The quantitative estimate of drug-likeness (QED) is 0.504. The molecular formula is C14H24N2O+2. The minimum Gasteiger partial charge on any atom is -0.357 e. The summed E-state index contributed by atoms with van der Waals surface area (Å²) in [6, 6.07) is 0. The van der Waals surface area contributed by atoms with E-state index in [-0.39, 0.29) is 5.60 Å². The molecule has 2 bridgehead atoms. The number of hydrogen-bond donors (Lipinski definition) is 2. The second-order valence-corrected chi connectivity index (χ2v) is 6.83. The van der Waals surface area contributed by atoms with Gasteiger partial charge in [-0.05, 0) is 12.5 Å². The van der Waals surface area contributed by atoms with E-state index < -0.39 is 0 Å². The monoisotopic (exact) mass is 236 g/mol. The summed E-state index contributed by atoms with van der Waals surface area (Å²) in [6.45, 7) is 3.89. The minimum atomic E-state index is 0.131.